The van der Waals surface area contributed by atoms with E-state index in [-0.39, 0.29) is 17.4 Å². The van der Waals surface area contributed by atoms with E-state index in [4.69, 9.17) is 9.47 Å². The van der Waals surface area contributed by atoms with Gasteiger partial charge < -0.3 is 19.5 Å². The van der Waals surface area contributed by atoms with E-state index in [9.17, 15) is 14.7 Å². The quantitative estimate of drug-likeness (QED) is 0.233. The maximum Gasteiger partial charge on any atom is 0.295 e. The molecule has 1 atom stereocenters. The summed E-state index contributed by atoms with van der Waals surface area (Å²) >= 11 is 0. The number of likely N-dealkylation sites (tertiary alicyclic amines) is 1. The molecule has 6 heteroatoms. The van der Waals surface area contributed by atoms with Crippen molar-refractivity contribution in [2.24, 2.45) is 0 Å². The largest absolute Gasteiger partial charge is 0.507 e. The number of aryl methyl sites for hydroxylation is 1. The minimum atomic E-state index is -0.673. The lowest BCUT2D eigenvalue weighted by Crippen LogP contribution is -2.31. The average Bonchev–Trinajstić information content (AvgIpc) is 3.05. The highest BCUT2D eigenvalue weighted by atomic mass is 16.5. The zero-order valence-electron chi connectivity index (χ0n) is 20.9. The second-order valence-corrected chi connectivity index (χ2v) is 9.31. The van der Waals surface area contributed by atoms with Crippen LogP contribution in [-0.2, 0) is 14.3 Å². The third-order valence-electron chi connectivity index (χ3n) is 6.02. The number of aliphatic hydroxyl groups excluding tert-OH is 1. The van der Waals surface area contributed by atoms with Gasteiger partial charge >= 0.3 is 0 Å². The van der Waals surface area contributed by atoms with Gasteiger partial charge in [-0.2, -0.15) is 0 Å². The maximum atomic E-state index is 13.2. The molecule has 0 spiro atoms. The van der Waals surface area contributed by atoms with Gasteiger partial charge in [0.15, 0.2) is 0 Å². The molecule has 0 aliphatic carbocycles. The molecule has 1 aliphatic rings. The standard InChI is InChI=1S/C28H35NO5/c1-17(2)20-8-10-21(11-9-20)25-24(27(31)28(32)29(25)14-7-15-33-6)26(30)22-12-13-23(19(5)16-22)34-18(3)4/h8-13,16-18,25,30H,7,14-15H2,1-6H3/b26-24-. The SMILES string of the molecule is COCCCN1C(=O)C(=O)/C(=C(\O)c2ccc(OC(C)C)c(C)c2)C1c1ccc(C(C)C)cc1. The molecule has 0 aromatic heterocycles. The molecule has 1 fully saturated rings. The molecule has 3 rings (SSSR count). The lowest BCUT2D eigenvalue weighted by molar-refractivity contribution is -0.140. The lowest BCUT2D eigenvalue weighted by Gasteiger charge is -2.25. The van der Waals surface area contributed by atoms with E-state index in [0.29, 0.717) is 36.8 Å². The lowest BCUT2D eigenvalue weighted by atomic mass is 9.93. The van der Waals surface area contributed by atoms with Crippen LogP contribution in [0.1, 0.15) is 68.3 Å². The summed E-state index contributed by atoms with van der Waals surface area (Å²) in [4.78, 5) is 27.7. The minimum Gasteiger partial charge on any atom is -0.507 e. The van der Waals surface area contributed by atoms with Crippen molar-refractivity contribution in [3.8, 4) is 5.75 Å². The normalized spacial score (nSPS) is 17.8. The number of rotatable bonds is 9. The van der Waals surface area contributed by atoms with Crippen LogP contribution < -0.4 is 4.74 Å². The Morgan fingerprint density at radius 1 is 1.06 bits per heavy atom. The number of hydrogen-bond donors (Lipinski definition) is 1. The summed E-state index contributed by atoms with van der Waals surface area (Å²) in [5, 5.41) is 11.3. The van der Waals surface area contributed by atoms with Crippen LogP contribution in [0, 0.1) is 6.92 Å². The van der Waals surface area contributed by atoms with Gasteiger partial charge in [-0.1, -0.05) is 38.1 Å². The summed E-state index contributed by atoms with van der Waals surface area (Å²) in [7, 11) is 1.60. The van der Waals surface area contributed by atoms with Crippen LogP contribution in [0.2, 0.25) is 0 Å². The molecule has 1 amide bonds. The predicted molar refractivity (Wildman–Crippen MR) is 133 cm³/mol. The number of Topliss-reactive ketones (excluding diaryl/α,β-unsaturated/α-hetero) is 1. The monoisotopic (exact) mass is 465 g/mol. The predicted octanol–water partition coefficient (Wildman–Crippen LogP) is 5.36. The van der Waals surface area contributed by atoms with Crippen molar-refractivity contribution in [3.63, 3.8) is 0 Å². The van der Waals surface area contributed by atoms with Gasteiger partial charge in [-0.15, -0.1) is 0 Å². The first-order valence-electron chi connectivity index (χ1n) is 11.8. The third kappa shape index (κ3) is 5.33. The summed E-state index contributed by atoms with van der Waals surface area (Å²) in [6, 6.07) is 12.5. The van der Waals surface area contributed by atoms with Gasteiger partial charge in [0, 0.05) is 25.8 Å². The molecule has 0 radical (unpaired) electrons. The molecule has 1 heterocycles. The number of nitrogens with zero attached hydrogens (tertiary/aromatic N) is 1. The molecule has 2 aromatic carbocycles. The van der Waals surface area contributed by atoms with Gasteiger partial charge in [-0.25, -0.2) is 0 Å². The van der Waals surface area contributed by atoms with Crippen molar-refractivity contribution >= 4 is 17.4 Å². The number of ketones is 1. The molecule has 1 saturated heterocycles. The number of methoxy groups -OCH3 is 1. The zero-order valence-corrected chi connectivity index (χ0v) is 20.9. The van der Waals surface area contributed by atoms with Crippen molar-refractivity contribution in [2.45, 2.75) is 59.1 Å². The maximum absolute atomic E-state index is 13.2. The number of ether oxygens (including phenoxy) is 2. The van der Waals surface area contributed by atoms with Crippen molar-refractivity contribution in [1.82, 2.24) is 4.90 Å². The van der Waals surface area contributed by atoms with E-state index in [2.05, 4.69) is 13.8 Å². The Balaban J connectivity index is 2.09. The fourth-order valence-electron chi connectivity index (χ4n) is 4.24. The van der Waals surface area contributed by atoms with Gasteiger partial charge in [-0.3, -0.25) is 9.59 Å². The number of carbonyl (C=O) groups is 2. The average molecular weight is 466 g/mol. The van der Waals surface area contributed by atoms with Crippen molar-refractivity contribution in [1.29, 1.82) is 0 Å². The van der Waals surface area contributed by atoms with Crippen LogP contribution in [0.15, 0.2) is 48.0 Å². The first-order valence-corrected chi connectivity index (χ1v) is 11.8. The van der Waals surface area contributed by atoms with Gasteiger partial charge in [-0.05, 0) is 68.0 Å². The smallest absolute Gasteiger partial charge is 0.295 e. The fraction of sp³-hybridized carbons (Fsp3) is 0.429. The second kappa shape index (κ2) is 10.9. The summed E-state index contributed by atoms with van der Waals surface area (Å²) < 4.78 is 10.9. The Morgan fingerprint density at radius 3 is 2.29 bits per heavy atom. The van der Waals surface area contributed by atoms with E-state index < -0.39 is 17.7 Å². The van der Waals surface area contributed by atoms with E-state index in [1.165, 1.54) is 0 Å². The molecule has 6 nitrogen and oxygen atoms in total. The molecule has 34 heavy (non-hydrogen) atoms. The summed E-state index contributed by atoms with van der Waals surface area (Å²) in [5.74, 6) is -0.381. The van der Waals surface area contributed by atoms with Crippen LogP contribution in [0.25, 0.3) is 5.76 Å². The molecule has 2 aromatic rings. The van der Waals surface area contributed by atoms with Crippen LogP contribution in [0.4, 0.5) is 0 Å². The zero-order chi connectivity index (χ0) is 25.0. The molecule has 0 saturated carbocycles. The molecule has 1 unspecified atom stereocenters. The Hall–Kier alpha value is -3.12. The minimum absolute atomic E-state index is 0.0179. The highest BCUT2D eigenvalue weighted by Crippen LogP contribution is 2.40. The first kappa shape index (κ1) is 25.5. The van der Waals surface area contributed by atoms with Gasteiger partial charge in [0.05, 0.1) is 17.7 Å². The number of benzene rings is 2. The van der Waals surface area contributed by atoms with Crippen molar-refractivity contribution in [2.75, 3.05) is 20.3 Å². The van der Waals surface area contributed by atoms with E-state index >= 15 is 0 Å². The number of aliphatic hydroxyl groups is 1. The molecule has 1 N–H and O–H groups in total. The van der Waals surface area contributed by atoms with Gasteiger partial charge in [0.2, 0.25) is 0 Å². The first-order chi connectivity index (χ1) is 16.1. The van der Waals surface area contributed by atoms with E-state index in [1.807, 2.05) is 45.0 Å². The Bertz CT molecular complexity index is 1070. The molecule has 182 valence electrons. The Labute approximate surface area is 202 Å². The van der Waals surface area contributed by atoms with Gasteiger partial charge in [0.25, 0.3) is 11.7 Å². The topological polar surface area (TPSA) is 76.1 Å². The van der Waals surface area contributed by atoms with Crippen LogP contribution in [0.5, 0.6) is 5.75 Å². The Morgan fingerprint density at radius 2 is 1.74 bits per heavy atom. The summed E-state index contributed by atoms with van der Waals surface area (Å²) in [6.07, 6.45) is 0.606. The third-order valence-corrected chi connectivity index (χ3v) is 6.02. The highest BCUT2D eigenvalue weighted by Gasteiger charge is 2.45. The van der Waals surface area contributed by atoms with Gasteiger partial charge in [0.1, 0.15) is 11.5 Å². The van der Waals surface area contributed by atoms with Crippen LogP contribution in [0.3, 0.4) is 0 Å². The van der Waals surface area contributed by atoms with Crippen molar-refractivity contribution in [3.05, 3.63) is 70.3 Å². The fourth-order valence-corrected chi connectivity index (χ4v) is 4.24. The van der Waals surface area contributed by atoms with Crippen LogP contribution in [-0.4, -0.2) is 48.1 Å². The number of hydrogen-bond acceptors (Lipinski definition) is 5. The molecular formula is C28H35NO5. The highest BCUT2D eigenvalue weighted by molar-refractivity contribution is 6.46. The number of amides is 1. The number of carbonyl (C=O) groups excluding carboxylic acids is 2. The van der Waals surface area contributed by atoms with Crippen molar-refractivity contribution < 1.29 is 24.2 Å². The Kier molecular flexibility index (Phi) is 8.15. The summed E-state index contributed by atoms with van der Waals surface area (Å²) in [6.45, 7) is 10.8. The summed E-state index contributed by atoms with van der Waals surface area (Å²) in [5.41, 5.74) is 3.38. The van der Waals surface area contributed by atoms with E-state index in [0.717, 1.165) is 16.7 Å². The van der Waals surface area contributed by atoms with E-state index in [1.54, 1.807) is 30.2 Å². The second-order valence-electron chi connectivity index (χ2n) is 9.31. The molecular weight excluding hydrogens is 430 g/mol. The van der Waals surface area contributed by atoms with Crippen LogP contribution >= 0.6 is 0 Å². The molecule has 0 bridgehead atoms. The molecule has 1 aliphatic heterocycles.